The van der Waals surface area contributed by atoms with Gasteiger partial charge in [0.1, 0.15) is 24.2 Å². The summed E-state index contributed by atoms with van der Waals surface area (Å²) < 4.78 is 5.46. The van der Waals surface area contributed by atoms with Crippen LogP contribution in [0.2, 0.25) is 0 Å². The first-order chi connectivity index (χ1) is 6.92. The number of aromatic nitrogens is 2. The molecule has 3 nitrogen and oxygen atoms in total. The topological polar surface area (TPSA) is 35.0 Å². The lowest BCUT2D eigenvalue weighted by Gasteiger charge is -2.05. The Hall–Kier alpha value is -1.90. The molecular weight excluding hydrogens is 176 g/mol. The largest absolute Gasteiger partial charge is 0.487 e. The van der Waals surface area contributed by atoms with Crippen molar-refractivity contribution in [1.29, 1.82) is 0 Å². The van der Waals surface area contributed by atoms with Gasteiger partial charge in [-0.1, -0.05) is 24.8 Å². The van der Waals surface area contributed by atoms with Gasteiger partial charge in [0.15, 0.2) is 0 Å². The summed E-state index contributed by atoms with van der Waals surface area (Å²) in [5, 5.41) is 0.981. The van der Waals surface area contributed by atoms with Crippen molar-refractivity contribution in [2.24, 2.45) is 0 Å². The van der Waals surface area contributed by atoms with Gasteiger partial charge in [-0.15, -0.1) is 0 Å². The van der Waals surface area contributed by atoms with Crippen molar-refractivity contribution >= 4 is 10.9 Å². The fourth-order valence-electron chi connectivity index (χ4n) is 1.25. The zero-order chi connectivity index (χ0) is 9.80. The summed E-state index contributed by atoms with van der Waals surface area (Å²) in [6, 6.07) is 5.76. The minimum Gasteiger partial charge on any atom is -0.487 e. The molecule has 0 aliphatic rings. The van der Waals surface area contributed by atoms with Gasteiger partial charge in [-0.25, -0.2) is 9.97 Å². The number of fused-ring (bicyclic) bond motifs is 1. The molecule has 3 heteroatoms. The number of rotatable bonds is 3. The van der Waals surface area contributed by atoms with Crippen LogP contribution < -0.4 is 4.74 Å². The predicted molar refractivity (Wildman–Crippen MR) is 55.2 cm³/mol. The van der Waals surface area contributed by atoms with E-state index in [0.717, 1.165) is 16.7 Å². The number of ether oxygens (including phenoxy) is 1. The van der Waals surface area contributed by atoms with Crippen molar-refractivity contribution in [2.75, 3.05) is 6.61 Å². The standard InChI is InChI=1S/C11H10N2O/c1-2-6-14-10-5-3-4-9-7-12-8-13-11(9)10/h2-5,7-8H,1,6H2. The molecule has 0 fully saturated rings. The molecule has 1 heterocycles. The van der Waals surface area contributed by atoms with Crippen molar-refractivity contribution < 1.29 is 4.74 Å². The Bertz CT molecular complexity index is 448. The van der Waals surface area contributed by atoms with Crippen LogP contribution in [0.15, 0.2) is 43.4 Å². The Labute approximate surface area is 82.1 Å². The highest BCUT2D eigenvalue weighted by Gasteiger charge is 2.01. The van der Waals surface area contributed by atoms with Crippen LogP contribution in [0.1, 0.15) is 0 Å². The molecule has 0 atom stereocenters. The van der Waals surface area contributed by atoms with Crippen molar-refractivity contribution in [3.8, 4) is 5.75 Å². The van der Waals surface area contributed by atoms with Gasteiger partial charge in [-0.3, -0.25) is 0 Å². The third-order valence-electron chi connectivity index (χ3n) is 1.85. The Morgan fingerprint density at radius 1 is 1.43 bits per heavy atom. The number of benzene rings is 1. The van der Waals surface area contributed by atoms with E-state index in [-0.39, 0.29) is 0 Å². The highest BCUT2D eigenvalue weighted by atomic mass is 16.5. The highest BCUT2D eigenvalue weighted by molar-refractivity contribution is 5.83. The summed E-state index contributed by atoms with van der Waals surface area (Å²) in [6.07, 6.45) is 4.99. The summed E-state index contributed by atoms with van der Waals surface area (Å²) in [7, 11) is 0. The van der Waals surface area contributed by atoms with Gasteiger partial charge in [-0.2, -0.15) is 0 Å². The van der Waals surface area contributed by atoms with E-state index in [9.17, 15) is 0 Å². The van der Waals surface area contributed by atoms with Gasteiger partial charge in [0, 0.05) is 11.6 Å². The fraction of sp³-hybridized carbons (Fsp3) is 0.0909. The second-order valence-electron chi connectivity index (χ2n) is 2.82. The Kier molecular flexibility index (Phi) is 2.40. The Balaban J connectivity index is 2.48. The molecule has 0 aliphatic carbocycles. The Morgan fingerprint density at radius 3 is 3.21 bits per heavy atom. The molecular formula is C11H10N2O. The van der Waals surface area contributed by atoms with Crippen LogP contribution in [0.4, 0.5) is 0 Å². The van der Waals surface area contributed by atoms with E-state index in [4.69, 9.17) is 4.74 Å². The molecule has 0 aliphatic heterocycles. The molecule has 0 spiro atoms. The molecule has 14 heavy (non-hydrogen) atoms. The molecule has 0 saturated heterocycles. The monoisotopic (exact) mass is 186 g/mol. The third-order valence-corrected chi connectivity index (χ3v) is 1.85. The lowest BCUT2D eigenvalue weighted by atomic mass is 10.2. The number of hydrogen-bond donors (Lipinski definition) is 0. The SMILES string of the molecule is C=CCOc1cccc2cncnc12. The van der Waals surface area contributed by atoms with Crippen LogP contribution in [0.3, 0.4) is 0 Å². The molecule has 2 rings (SSSR count). The van der Waals surface area contributed by atoms with Gasteiger partial charge in [0.25, 0.3) is 0 Å². The first-order valence-corrected chi connectivity index (χ1v) is 4.34. The van der Waals surface area contributed by atoms with E-state index in [1.54, 1.807) is 12.3 Å². The molecule has 1 aromatic carbocycles. The van der Waals surface area contributed by atoms with Crippen molar-refractivity contribution in [2.45, 2.75) is 0 Å². The van der Waals surface area contributed by atoms with Gasteiger partial charge in [0.2, 0.25) is 0 Å². The second-order valence-corrected chi connectivity index (χ2v) is 2.82. The molecule has 0 saturated carbocycles. The summed E-state index contributed by atoms with van der Waals surface area (Å²) in [5.74, 6) is 0.768. The summed E-state index contributed by atoms with van der Waals surface area (Å²) >= 11 is 0. The van der Waals surface area contributed by atoms with E-state index in [0.29, 0.717) is 6.61 Å². The number of nitrogens with zero attached hydrogens (tertiary/aromatic N) is 2. The smallest absolute Gasteiger partial charge is 0.146 e. The minimum absolute atomic E-state index is 0.489. The molecule has 1 aromatic heterocycles. The van der Waals surface area contributed by atoms with E-state index in [2.05, 4.69) is 16.5 Å². The molecule has 70 valence electrons. The molecule has 0 amide bonds. The first kappa shape index (κ1) is 8.69. The van der Waals surface area contributed by atoms with Gasteiger partial charge in [0.05, 0.1) is 0 Å². The number of para-hydroxylation sites is 1. The maximum absolute atomic E-state index is 5.46. The van der Waals surface area contributed by atoms with Crippen LogP contribution in [0.25, 0.3) is 10.9 Å². The van der Waals surface area contributed by atoms with E-state index < -0.39 is 0 Å². The minimum atomic E-state index is 0.489. The fourth-order valence-corrected chi connectivity index (χ4v) is 1.25. The maximum Gasteiger partial charge on any atom is 0.146 e. The average Bonchev–Trinajstić information content (AvgIpc) is 2.26. The van der Waals surface area contributed by atoms with Crippen LogP contribution in [-0.2, 0) is 0 Å². The van der Waals surface area contributed by atoms with Gasteiger partial charge < -0.3 is 4.74 Å². The van der Waals surface area contributed by atoms with Crippen molar-refractivity contribution in [1.82, 2.24) is 9.97 Å². The Morgan fingerprint density at radius 2 is 2.36 bits per heavy atom. The zero-order valence-corrected chi connectivity index (χ0v) is 7.68. The molecule has 0 bridgehead atoms. The molecule has 0 unspecified atom stereocenters. The van der Waals surface area contributed by atoms with Crippen molar-refractivity contribution in [3.63, 3.8) is 0 Å². The normalized spacial score (nSPS) is 10.0. The molecule has 0 N–H and O–H groups in total. The number of hydrogen-bond acceptors (Lipinski definition) is 3. The lowest BCUT2D eigenvalue weighted by Crippen LogP contribution is -1.94. The van der Waals surface area contributed by atoms with Gasteiger partial charge in [-0.05, 0) is 6.07 Å². The second kappa shape index (κ2) is 3.87. The van der Waals surface area contributed by atoms with Crippen LogP contribution in [0, 0.1) is 0 Å². The zero-order valence-electron chi connectivity index (χ0n) is 7.68. The molecule has 0 radical (unpaired) electrons. The van der Waals surface area contributed by atoms with Crippen molar-refractivity contribution in [3.05, 3.63) is 43.4 Å². The lowest BCUT2D eigenvalue weighted by molar-refractivity contribution is 0.367. The first-order valence-electron chi connectivity index (χ1n) is 4.34. The van der Waals surface area contributed by atoms with E-state index in [1.807, 2.05) is 18.2 Å². The summed E-state index contributed by atoms with van der Waals surface area (Å²) in [5.41, 5.74) is 0.837. The quantitative estimate of drug-likeness (QED) is 0.689. The predicted octanol–water partition coefficient (Wildman–Crippen LogP) is 2.19. The van der Waals surface area contributed by atoms with Gasteiger partial charge >= 0.3 is 0 Å². The highest BCUT2D eigenvalue weighted by Crippen LogP contribution is 2.21. The average molecular weight is 186 g/mol. The maximum atomic E-state index is 5.46. The van der Waals surface area contributed by atoms with Crippen LogP contribution in [-0.4, -0.2) is 16.6 Å². The van der Waals surface area contributed by atoms with E-state index in [1.165, 1.54) is 6.33 Å². The molecule has 2 aromatic rings. The summed E-state index contributed by atoms with van der Waals surface area (Å²) in [4.78, 5) is 8.11. The van der Waals surface area contributed by atoms with Crippen LogP contribution in [0.5, 0.6) is 5.75 Å². The summed E-state index contributed by atoms with van der Waals surface area (Å²) in [6.45, 7) is 4.09. The van der Waals surface area contributed by atoms with E-state index >= 15 is 0 Å². The third kappa shape index (κ3) is 1.57. The van der Waals surface area contributed by atoms with Crippen LogP contribution >= 0.6 is 0 Å².